The topological polar surface area (TPSA) is 64.3 Å². The molecule has 4 nitrogen and oxygen atoms in total. The highest BCUT2D eigenvalue weighted by Crippen LogP contribution is 2.29. The summed E-state index contributed by atoms with van der Waals surface area (Å²) in [5.41, 5.74) is 6.76. The average molecular weight is 325 g/mol. The molecule has 0 bridgehead atoms. The molecule has 6 heteroatoms. The van der Waals surface area contributed by atoms with Crippen LogP contribution in [0.1, 0.15) is 35.1 Å². The number of halogens is 1. The Kier molecular flexibility index (Phi) is 5.09. The third-order valence-corrected chi connectivity index (χ3v) is 4.36. The molecule has 2 rings (SSSR count). The van der Waals surface area contributed by atoms with Gasteiger partial charge in [0.05, 0.1) is 28.2 Å². The van der Waals surface area contributed by atoms with Crippen LogP contribution in [0, 0.1) is 0 Å². The Hall–Kier alpha value is -1.72. The van der Waals surface area contributed by atoms with E-state index in [0.717, 1.165) is 4.88 Å². The number of rotatable bonds is 5. The number of carbonyl (C=O) groups is 1. The molecule has 0 aliphatic carbocycles. The van der Waals surface area contributed by atoms with Crippen LogP contribution in [0.15, 0.2) is 30.3 Å². The van der Waals surface area contributed by atoms with Crippen LogP contribution in [0.2, 0.25) is 4.34 Å². The minimum absolute atomic E-state index is 0.133. The van der Waals surface area contributed by atoms with Crippen molar-refractivity contribution in [1.82, 2.24) is 5.32 Å². The standard InChI is InChI=1S/C15H17ClN2O2S/c1-3-20-14-10(5-4-6-11(14)17)15(19)18-9(2)12-7-8-13(16)21-12/h4-9H,3,17H2,1-2H3,(H,18,19). The molecule has 0 saturated carbocycles. The van der Waals surface area contributed by atoms with Gasteiger partial charge < -0.3 is 15.8 Å². The molecule has 0 aliphatic rings. The van der Waals surface area contributed by atoms with E-state index in [-0.39, 0.29) is 11.9 Å². The lowest BCUT2D eigenvalue weighted by molar-refractivity contribution is 0.0937. The fraction of sp³-hybridized carbons (Fsp3) is 0.267. The molecule has 1 amide bonds. The highest BCUT2D eigenvalue weighted by Gasteiger charge is 2.18. The van der Waals surface area contributed by atoms with Crippen molar-refractivity contribution >= 4 is 34.5 Å². The van der Waals surface area contributed by atoms with Gasteiger partial charge in [-0.1, -0.05) is 17.7 Å². The van der Waals surface area contributed by atoms with Crippen molar-refractivity contribution in [3.63, 3.8) is 0 Å². The number of para-hydroxylation sites is 1. The lowest BCUT2D eigenvalue weighted by atomic mass is 10.1. The van der Waals surface area contributed by atoms with Crippen molar-refractivity contribution in [3.8, 4) is 5.75 Å². The SMILES string of the molecule is CCOc1c(N)cccc1C(=O)NC(C)c1ccc(Cl)s1. The van der Waals surface area contributed by atoms with Gasteiger partial charge in [-0.25, -0.2) is 0 Å². The molecule has 2 aromatic rings. The van der Waals surface area contributed by atoms with Gasteiger partial charge in [-0.05, 0) is 38.1 Å². The minimum atomic E-state index is -0.220. The van der Waals surface area contributed by atoms with Gasteiger partial charge in [0.25, 0.3) is 5.91 Å². The number of hydrogen-bond acceptors (Lipinski definition) is 4. The summed E-state index contributed by atoms with van der Waals surface area (Å²) in [6, 6.07) is 8.73. The zero-order valence-electron chi connectivity index (χ0n) is 11.9. The summed E-state index contributed by atoms with van der Waals surface area (Å²) in [6.07, 6.45) is 0. The number of thiophene rings is 1. The lowest BCUT2D eigenvalue weighted by Crippen LogP contribution is -2.26. The number of carbonyl (C=O) groups excluding carboxylic acids is 1. The van der Waals surface area contributed by atoms with E-state index in [2.05, 4.69) is 5.32 Å². The molecule has 0 saturated heterocycles. The van der Waals surface area contributed by atoms with Crippen LogP contribution in [0.5, 0.6) is 5.75 Å². The van der Waals surface area contributed by atoms with Crippen LogP contribution in [0.3, 0.4) is 0 Å². The predicted molar refractivity (Wildman–Crippen MR) is 87.2 cm³/mol. The summed E-state index contributed by atoms with van der Waals surface area (Å²) in [6.45, 7) is 4.21. The number of hydrogen-bond donors (Lipinski definition) is 2. The van der Waals surface area contributed by atoms with Crippen molar-refractivity contribution in [2.45, 2.75) is 19.9 Å². The van der Waals surface area contributed by atoms with Crippen molar-refractivity contribution in [3.05, 3.63) is 45.1 Å². The van der Waals surface area contributed by atoms with Gasteiger partial charge >= 0.3 is 0 Å². The van der Waals surface area contributed by atoms with E-state index in [1.54, 1.807) is 18.2 Å². The summed E-state index contributed by atoms with van der Waals surface area (Å²) >= 11 is 7.36. The summed E-state index contributed by atoms with van der Waals surface area (Å²) in [4.78, 5) is 13.4. The first kappa shape index (κ1) is 15.7. The van der Waals surface area contributed by atoms with Gasteiger partial charge in [0.1, 0.15) is 0 Å². The van der Waals surface area contributed by atoms with E-state index in [1.807, 2.05) is 26.0 Å². The van der Waals surface area contributed by atoms with Gasteiger partial charge in [-0.15, -0.1) is 11.3 Å². The fourth-order valence-electron chi connectivity index (χ4n) is 1.95. The molecular weight excluding hydrogens is 308 g/mol. The Morgan fingerprint density at radius 2 is 2.19 bits per heavy atom. The third-order valence-electron chi connectivity index (χ3n) is 2.95. The van der Waals surface area contributed by atoms with E-state index in [4.69, 9.17) is 22.1 Å². The summed E-state index contributed by atoms with van der Waals surface area (Å²) in [5, 5.41) is 2.93. The highest BCUT2D eigenvalue weighted by molar-refractivity contribution is 7.16. The van der Waals surface area contributed by atoms with Crippen molar-refractivity contribution in [2.75, 3.05) is 12.3 Å². The van der Waals surface area contributed by atoms with E-state index in [9.17, 15) is 4.79 Å². The Morgan fingerprint density at radius 1 is 1.43 bits per heavy atom. The largest absolute Gasteiger partial charge is 0.491 e. The monoisotopic (exact) mass is 324 g/mol. The fourth-order valence-corrected chi connectivity index (χ4v) is 3.01. The molecule has 0 radical (unpaired) electrons. The number of nitrogen functional groups attached to an aromatic ring is 1. The zero-order valence-corrected chi connectivity index (χ0v) is 13.4. The maximum Gasteiger partial charge on any atom is 0.255 e. The van der Waals surface area contributed by atoms with E-state index >= 15 is 0 Å². The molecule has 0 fully saturated rings. The van der Waals surface area contributed by atoms with Gasteiger partial charge in [0, 0.05) is 4.88 Å². The van der Waals surface area contributed by atoms with Crippen molar-refractivity contribution in [1.29, 1.82) is 0 Å². The number of anilines is 1. The molecule has 0 spiro atoms. The Balaban J connectivity index is 2.18. The normalized spacial score (nSPS) is 12.0. The maximum atomic E-state index is 12.4. The average Bonchev–Trinajstić information content (AvgIpc) is 2.88. The second-order valence-corrected chi connectivity index (χ2v) is 6.24. The number of nitrogens with one attached hydrogen (secondary N) is 1. The lowest BCUT2D eigenvalue weighted by Gasteiger charge is -2.15. The molecule has 0 aliphatic heterocycles. The minimum Gasteiger partial charge on any atom is -0.491 e. The van der Waals surface area contributed by atoms with Gasteiger partial charge in [0.15, 0.2) is 5.75 Å². The summed E-state index contributed by atoms with van der Waals surface area (Å²) in [7, 11) is 0. The van der Waals surface area contributed by atoms with Crippen molar-refractivity contribution < 1.29 is 9.53 Å². The summed E-state index contributed by atoms with van der Waals surface area (Å²) < 4.78 is 6.18. The molecule has 1 aromatic heterocycles. The molecule has 3 N–H and O–H groups in total. The molecule has 1 unspecified atom stereocenters. The number of nitrogens with two attached hydrogens (primary N) is 1. The molecular formula is C15H17ClN2O2S. The quantitative estimate of drug-likeness (QED) is 0.820. The highest BCUT2D eigenvalue weighted by atomic mass is 35.5. The van der Waals surface area contributed by atoms with Gasteiger partial charge in [-0.3, -0.25) is 4.79 Å². The molecule has 21 heavy (non-hydrogen) atoms. The van der Waals surface area contributed by atoms with Crippen LogP contribution in [0.4, 0.5) is 5.69 Å². The molecule has 1 heterocycles. The Bertz CT molecular complexity index is 642. The van der Waals surface area contributed by atoms with Gasteiger partial charge in [-0.2, -0.15) is 0 Å². The van der Waals surface area contributed by atoms with Crippen LogP contribution in [0.25, 0.3) is 0 Å². The number of benzene rings is 1. The molecule has 1 atom stereocenters. The molecule has 1 aromatic carbocycles. The smallest absolute Gasteiger partial charge is 0.255 e. The zero-order chi connectivity index (χ0) is 15.4. The first-order chi connectivity index (χ1) is 10.0. The van der Waals surface area contributed by atoms with Gasteiger partial charge in [0.2, 0.25) is 0 Å². The second kappa shape index (κ2) is 6.83. The maximum absolute atomic E-state index is 12.4. The first-order valence-electron chi connectivity index (χ1n) is 6.60. The van der Waals surface area contributed by atoms with Crippen LogP contribution in [-0.2, 0) is 0 Å². The van der Waals surface area contributed by atoms with Crippen molar-refractivity contribution in [2.24, 2.45) is 0 Å². The number of amides is 1. The number of ether oxygens (including phenoxy) is 1. The van der Waals surface area contributed by atoms with E-state index in [0.29, 0.717) is 27.9 Å². The van der Waals surface area contributed by atoms with Crippen LogP contribution >= 0.6 is 22.9 Å². The molecule has 112 valence electrons. The predicted octanol–water partition coefficient (Wildman–Crippen LogP) is 3.87. The van der Waals surface area contributed by atoms with Crippen LogP contribution in [-0.4, -0.2) is 12.5 Å². The van der Waals surface area contributed by atoms with E-state index in [1.165, 1.54) is 11.3 Å². The van der Waals surface area contributed by atoms with E-state index < -0.39 is 0 Å². The first-order valence-corrected chi connectivity index (χ1v) is 7.79. The van der Waals surface area contributed by atoms with Crippen LogP contribution < -0.4 is 15.8 Å². The third kappa shape index (κ3) is 3.68. The Labute approximate surface area is 132 Å². The Morgan fingerprint density at radius 3 is 2.81 bits per heavy atom. The summed E-state index contributed by atoms with van der Waals surface area (Å²) in [5.74, 6) is 0.205. The second-order valence-electron chi connectivity index (χ2n) is 4.49.